The molecule has 0 aliphatic rings. The van der Waals surface area contributed by atoms with Crippen molar-refractivity contribution in [1.29, 1.82) is 0 Å². The molecule has 3 rings (SSSR count). The fourth-order valence-corrected chi connectivity index (χ4v) is 3.37. The van der Waals surface area contributed by atoms with Gasteiger partial charge in [-0.3, -0.25) is 4.79 Å². The van der Waals surface area contributed by atoms with Crippen LogP contribution in [0, 0.1) is 0 Å². The molecule has 0 unspecified atom stereocenters. The molecule has 1 heterocycles. The maximum Gasteiger partial charge on any atom is 0.270 e. The normalized spacial score (nSPS) is 10.6. The van der Waals surface area contributed by atoms with E-state index in [4.69, 9.17) is 21.1 Å². The van der Waals surface area contributed by atoms with Crippen LogP contribution in [0.5, 0.6) is 5.75 Å². The van der Waals surface area contributed by atoms with E-state index in [9.17, 15) is 4.79 Å². The number of hydrogen-bond acceptors (Lipinski definition) is 5. The van der Waals surface area contributed by atoms with E-state index in [1.807, 2.05) is 48.5 Å². The summed E-state index contributed by atoms with van der Waals surface area (Å²) >= 11 is 7.41. The smallest absolute Gasteiger partial charge is 0.270 e. The molecule has 0 saturated heterocycles. The third-order valence-electron chi connectivity index (χ3n) is 3.72. The van der Waals surface area contributed by atoms with Gasteiger partial charge in [-0.25, -0.2) is 4.98 Å². The highest BCUT2D eigenvalue weighted by atomic mass is 35.5. The Balaban J connectivity index is 1.59. The third kappa shape index (κ3) is 5.53. The van der Waals surface area contributed by atoms with E-state index >= 15 is 0 Å². The lowest BCUT2D eigenvalue weighted by Crippen LogP contribution is -2.27. The van der Waals surface area contributed by atoms with Crippen LogP contribution in [0.4, 0.5) is 0 Å². The van der Waals surface area contributed by atoms with Crippen molar-refractivity contribution in [3.8, 4) is 16.3 Å². The molecule has 7 heteroatoms. The van der Waals surface area contributed by atoms with Gasteiger partial charge in [0.05, 0.1) is 6.61 Å². The molecule has 1 aromatic heterocycles. The molecule has 0 radical (unpaired) electrons. The summed E-state index contributed by atoms with van der Waals surface area (Å²) in [5.74, 6) is 0.559. The lowest BCUT2D eigenvalue weighted by molar-refractivity contribution is 0.0933. The molecule has 1 amide bonds. The molecule has 0 spiro atoms. The minimum Gasteiger partial charge on any atom is -0.489 e. The number of hydrogen-bond donors (Lipinski definition) is 1. The fourth-order valence-electron chi connectivity index (χ4n) is 2.35. The van der Waals surface area contributed by atoms with Gasteiger partial charge in [-0.05, 0) is 42.0 Å². The summed E-state index contributed by atoms with van der Waals surface area (Å²) in [5.41, 5.74) is 2.36. The second kappa shape index (κ2) is 9.50. The predicted molar refractivity (Wildman–Crippen MR) is 108 cm³/mol. The van der Waals surface area contributed by atoms with Crippen LogP contribution in [0.2, 0.25) is 5.02 Å². The number of rotatable bonds is 8. The number of carbonyl (C=O) groups excluding carboxylic acids is 1. The zero-order valence-electron chi connectivity index (χ0n) is 14.8. The van der Waals surface area contributed by atoms with Crippen LogP contribution in [0.15, 0.2) is 53.9 Å². The van der Waals surface area contributed by atoms with E-state index in [0.29, 0.717) is 30.5 Å². The van der Waals surface area contributed by atoms with Gasteiger partial charge in [0.2, 0.25) is 0 Å². The predicted octanol–water partition coefficient (Wildman–Crippen LogP) is 4.42. The van der Waals surface area contributed by atoms with Gasteiger partial charge >= 0.3 is 0 Å². The summed E-state index contributed by atoms with van der Waals surface area (Å²) < 4.78 is 10.7. The van der Waals surface area contributed by atoms with Crippen molar-refractivity contribution in [1.82, 2.24) is 10.3 Å². The molecule has 0 aliphatic heterocycles. The number of amides is 1. The number of nitrogens with one attached hydrogen (secondary N) is 1. The number of benzene rings is 2. The van der Waals surface area contributed by atoms with Gasteiger partial charge in [0.15, 0.2) is 0 Å². The first-order valence-electron chi connectivity index (χ1n) is 8.36. The maximum atomic E-state index is 12.0. The second-order valence-electron chi connectivity index (χ2n) is 5.73. The van der Waals surface area contributed by atoms with Gasteiger partial charge in [-0.1, -0.05) is 23.7 Å². The Morgan fingerprint density at radius 2 is 2.04 bits per heavy atom. The number of halogens is 1. The van der Waals surface area contributed by atoms with E-state index in [1.54, 1.807) is 12.5 Å². The molecular formula is C20H19ClN2O3S. The lowest BCUT2D eigenvalue weighted by Gasteiger charge is -2.07. The Labute approximate surface area is 166 Å². The molecular weight excluding hydrogens is 384 g/mol. The van der Waals surface area contributed by atoms with Crippen LogP contribution >= 0.6 is 22.9 Å². The highest BCUT2D eigenvalue weighted by Gasteiger charge is 2.11. The molecule has 27 heavy (non-hydrogen) atoms. The number of thiazole rings is 1. The summed E-state index contributed by atoms with van der Waals surface area (Å²) in [6.07, 6.45) is 0. The minimum atomic E-state index is -0.198. The van der Waals surface area contributed by atoms with Crippen molar-refractivity contribution in [3.05, 3.63) is 70.2 Å². The highest BCUT2D eigenvalue weighted by molar-refractivity contribution is 7.13. The van der Waals surface area contributed by atoms with Crippen LogP contribution in [-0.2, 0) is 11.3 Å². The van der Waals surface area contributed by atoms with Gasteiger partial charge in [0, 0.05) is 29.6 Å². The van der Waals surface area contributed by atoms with Gasteiger partial charge < -0.3 is 14.8 Å². The molecule has 140 valence electrons. The van der Waals surface area contributed by atoms with Gasteiger partial charge in [0.25, 0.3) is 5.91 Å². The summed E-state index contributed by atoms with van der Waals surface area (Å²) in [4.78, 5) is 16.4. The monoisotopic (exact) mass is 402 g/mol. The Bertz CT molecular complexity index is 896. The number of nitrogens with zero attached hydrogens (tertiary/aromatic N) is 1. The number of methoxy groups -OCH3 is 1. The quantitative estimate of drug-likeness (QED) is 0.566. The summed E-state index contributed by atoms with van der Waals surface area (Å²) in [5, 5.41) is 5.99. The summed E-state index contributed by atoms with van der Waals surface area (Å²) in [6, 6.07) is 15.2. The molecule has 0 bridgehead atoms. The molecule has 5 nitrogen and oxygen atoms in total. The van der Waals surface area contributed by atoms with E-state index < -0.39 is 0 Å². The van der Waals surface area contributed by atoms with Crippen LogP contribution in [0.3, 0.4) is 0 Å². The van der Waals surface area contributed by atoms with Crippen molar-refractivity contribution in [2.75, 3.05) is 20.3 Å². The number of aromatic nitrogens is 1. The topological polar surface area (TPSA) is 60.5 Å². The van der Waals surface area contributed by atoms with E-state index in [1.165, 1.54) is 11.3 Å². The second-order valence-corrected chi connectivity index (χ2v) is 7.02. The van der Waals surface area contributed by atoms with Crippen molar-refractivity contribution in [2.24, 2.45) is 0 Å². The maximum absolute atomic E-state index is 12.0. The zero-order valence-corrected chi connectivity index (χ0v) is 16.3. The summed E-state index contributed by atoms with van der Waals surface area (Å²) in [7, 11) is 1.59. The third-order valence-corrected chi connectivity index (χ3v) is 4.85. The first kappa shape index (κ1) is 19.4. The Hall–Kier alpha value is -2.41. The van der Waals surface area contributed by atoms with Gasteiger partial charge in [-0.15, -0.1) is 11.3 Å². The fraction of sp³-hybridized carbons (Fsp3) is 0.200. The van der Waals surface area contributed by atoms with Crippen LogP contribution < -0.4 is 10.1 Å². The molecule has 0 aliphatic carbocycles. The Morgan fingerprint density at radius 3 is 2.78 bits per heavy atom. The van der Waals surface area contributed by atoms with Crippen molar-refractivity contribution in [2.45, 2.75) is 6.61 Å². The van der Waals surface area contributed by atoms with Crippen molar-refractivity contribution >= 4 is 28.8 Å². The Kier molecular flexibility index (Phi) is 6.81. The van der Waals surface area contributed by atoms with E-state index in [0.717, 1.165) is 21.9 Å². The SMILES string of the molecule is COCCNC(=O)c1csc(-c2ccc(OCc3cccc(Cl)c3)cc2)n1. The first-order valence-corrected chi connectivity index (χ1v) is 9.62. The zero-order chi connectivity index (χ0) is 19.1. The largest absolute Gasteiger partial charge is 0.489 e. The average Bonchev–Trinajstić information content (AvgIpc) is 3.17. The molecule has 0 atom stereocenters. The number of carbonyl (C=O) groups is 1. The minimum absolute atomic E-state index is 0.198. The van der Waals surface area contributed by atoms with Crippen LogP contribution in [0.25, 0.3) is 10.6 Å². The molecule has 1 N–H and O–H groups in total. The van der Waals surface area contributed by atoms with Crippen molar-refractivity contribution in [3.63, 3.8) is 0 Å². The first-order chi connectivity index (χ1) is 13.2. The standard InChI is InChI=1S/C20H19ClN2O3S/c1-25-10-9-22-19(24)18-13-27-20(23-18)15-5-7-17(8-6-15)26-12-14-3-2-4-16(21)11-14/h2-8,11,13H,9-10,12H2,1H3,(H,22,24). The van der Waals surface area contributed by atoms with Gasteiger partial charge in [0.1, 0.15) is 23.1 Å². The Morgan fingerprint density at radius 1 is 1.22 bits per heavy atom. The van der Waals surface area contributed by atoms with Crippen LogP contribution in [-0.4, -0.2) is 31.2 Å². The summed E-state index contributed by atoms with van der Waals surface area (Å²) in [6.45, 7) is 1.38. The molecule has 3 aromatic rings. The number of ether oxygens (including phenoxy) is 2. The lowest BCUT2D eigenvalue weighted by atomic mass is 10.2. The van der Waals surface area contributed by atoms with E-state index in [-0.39, 0.29) is 5.91 Å². The van der Waals surface area contributed by atoms with E-state index in [2.05, 4.69) is 10.3 Å². The molecule has 0 saturated carbocycles. The molecule has 2 aromatic carbocycles. The highest BCUT2D eigenvalue weighted by Crippen LogP contribution is 2.26. The van der Waals surface area contributed by atoms with Gasteiger partial charge in [-0.2, -0.15) is 0 Å². The van der Waals surface area contributed by atoms with Crippen LogP contribution in [0.1, 0.15) is 16.1 Å². The van der Waals surface area contributed by atoms with Crippen molar-refractivity contribution < 1.29 is 14.3 Å². The average molecular weight is 403 g/mol. The molecule has 0 fully saturated rings.